The molecule has 0 aliphatic carbocycles. The molecule has 8 heteroatoms. The number of hydrogen-bond acceptors (Lipinski definition) is 5. The highest BCUT2D eigenvalue weighted by Gasteiger charge is 2.30. The summed E-state index contributed by atoms with van der Waals surface area (Å²) < 4.78 is 27.0. The van der Waals surface area contributed by atoms with Gasteiger partial charge in [-0.2, -0.15) is 4.31 Å². The molecule has 2 heterocycles. The van der Waals surface area contributed by atoms with Gasteiger partial charge in [0.25, 0.3) is 0 Å². The smallest absolute Gasteiger partial charge is 0.243 e. The van der Waals surface area contributed by atoms with Crippen molar-refractivity contribution in [2.24, 2.45) is 0 Å². The molecule has 1 N–H and O–H groups in total. The lowest BCUT2D eigenvalue weighted by molar-refractivity contribution is -0.130. The number of amides is 1. The van der Waals surface area contributed by atoms with E-state index < -0.39 is 10.0 Å². The third-order valence-electron chi connectivity index (χ3n) is 6.00. The molecule has 2 aliphatic heterocycles. The summed E-state index contributed by atoms with van der Waals surface area (Å²) >= 11 is 0. The molecule has 4 rings (SSSR count). The summed E-state index contributed by atoms with van der Waals surface area (Å²) in [5.41, 5.74) is 2.12. The molecule has 31 heavy (non-hydrogen) atoms. The Bertz CT molecular complexity index is 983. The molecule has 0 bridgehead atoms. The summed E-state index contributed by atoms with van der Waals surface area (Å²) in [5.74, 6) is -0.00907. The van der Waals surface area contributed by atoms with E-state index in [9.17, 15) is 13.2 Å². The molecule has 2 aliphatic rings. The summed E-state index contributed by atoms with van der Waals surface area (Å²) in [4.78, 5) is 17.2. The molecule has 0 spiro atoms. The molecule has 0 radical (unpaired) electrons. The molecule has 0 aromatic heterocycles. The Morgan fingerprint density at radius 3 is 2.16 bits per heavy atom. The Labute approximate surface area is 184 Å². The van der Waals surface area contributed by atoms with Crippen molar-refractivity contribution >= 4 is 27.3 Å². The number of nitrogens with one attached hydrogen (secondary N) is 1. The number of piperidine rings is 1. The first-order valence-electron chi connectivity index (χ1n) is 11.0. The fourth-order valence-corrected chi connectivity index (χ4v) is 5.68. The first-order valence-corrected chi connectivity index (χ1v) is 12.4. The van der Waals surface area contributed by atoms with Crippen LogP contribution < -0.4 is 10.2 Å². The number of benzene rings is 2. The largest absolute Gasteiger partial charge is 0.374 e. The summed E-state index contributed by atoms with van der Waals surface area (Å²) in [7, 11) is -3.51. The maximum absolute atomic E-state index is 12.8. The van der Waals surface area contributed by atoms with Crippen LogP contribution in [0.2, 0.25) is 0 Å². The van der Waals surface area contributed by atoms with E-state index in [-0.39, 0.29) is 12.5 Å². The minimum Gasteiger partial charge on any atom is -0.374 e. The molecule has 0 saturated carbocycles. The van der Waals surface area contributed by atoms with Crippen molar-refractivity contribution in [3.8, 4) is 0 Å². The third kappa shape index (κ3) is 5.02. The highest BCUT2D eigenvalue weighted by Crippen LogP contribution is 2.28. The van der Waals surface area contributed by atoms with Gasteiger partial charge in [0.2, 0.25) is 15.9 Å². The van der Waals surface area contributed by atoms with Crippen molar-refractivity contribution in [1.82, 2.24) is 9.21 Å². The fraction of sp³-hybridized carbons (Fsp3) is 0.435. The first kappa shape index (κ1) is 21.6. The summed E-state index contributed by atoms with van der Waals surface area (Å²) in [6.45, 7) is 3.73. The van der Waals surface area contributed by atoms with Crippen LogP contribution in [-0.2, 0) is 14.8 Å². The SMILES string of the molecule is O=C(CNc1ccccc1N1CCCCC1)N1CCN(S(=O)(=O)c2ccccc2)CC1. The maximum Gasteiger partial charge on any atom is 0.243 e. The Morgan fingerprint density at radius 2 is 1.45 bits per heavy atom. The van der Waals surface area contributed by atoms with Crippen molar-refractivity contribution in [2.45, 2.75) is 24.2 Å². The quantitative estimate of drug-likeness (QED) is 0.745. The maximum atomic E-state index is 12.8. The average molecular weight is 443 g/mol. The minimum absolute atomic E-state index is 0.00907. The van der Waals surface area contributed by atoms with Gasteiger partial charge in [0.15, 0.2) is 0 Å². The normalized spacial score (nSPS) is 18.1. The highest BCUT2D eigenvalue weighted by atomic mass is 32.2. The standard InChI is InChI=1S/C23H30N4O3S/c28-23(19-24-21-11-5-6-12-22(21)25-13-7-2-8-14-25)26-15-17-27(18-16-26)31(29,30)20-9-3-1-4-10-20/h1,3-6,9-12,24H,2,7-8,13-19H2. The summed E-state index contributed by atoms with van der Waals surface area (Å²) in [5, 5.41) is 3.31. The number of para-hydroxylation sites is 2. The lowest BCUT2D eigenvalue weighted by Gasteiger charge is -2.34. The zero-order valence-electron chi connectivity index (χ0n) is 17.7. The van der Waals surface area contributed by atoms with E-state index in [0.717, 1.165) is 24.5 Å². The van der Waals surface area contributed by atoms with Crippen LogP contribution in [0.15, 0.2) is 59.5 Å². The van der Waals surface area contributed by atoms with Gasteiger partial charge in [-0.25, -0.2) is 8.42 Å². The van der Waals surface area contributed by atoms with Crippen molar-refractivity contribution in [3.63, 3.8) is 0 Å². The second-order valence-electron chi connectivity index (χ2n) is 8.02. The lowest BCUT2D eigenvalue weighted by atomic mass is 10.1. The zero-order valence-corrected chi connectivity index (χ0v) is 18.6. The van der Waals surface area contributed by atoms with E-state index in [2.05, 4.69) is 16.3 Å². The predicted octanol–water partition coefficient (Wildman–Crippen LogP) is 2.62. The summed E-state index contributed by atoms with van der Waals surface area (Å²) in [6, 6.07) is 16.6. The van der Waals surface area contributed by atoms with E-state index >= 15 is 0 Å². The molecule has 1 amide bonds. The molecule has 166 valence electrons. The van der Waals surface area contributed by atoms with E-state index in [1.54, 1.807) is 35.2 Å². The van der Waals surface area contributed by atoms with Gasteiger partial charge in [0.05, 0.1) is 22.8 Å². The average Bonchev–Trinajstić information content (AvgIpc) is 2.84. The molecule has 2 saturated heterocycles. The Kier molecular flexibility index (Phi) is 6.77. The van der Waals surface area contributed by atoms with E-state index in [1.807, 2.05) is 18.2 Å². The molecule has 7 nitrogen and oxygen atoms in total. The second kappa shape index (κ2) is 9.70. The molecule has 0 unspecified atom stereocenters. The number of piperazine rings is 1. The van der Waals surface area contributed by atoms with Crippen molar-refractivity contribution < 1.29 is 13.2 Å². The number of rotatable bonds is 6. The third-order valence-corrected chi connectivity index (χ3v) is 7.92. The monoisotopic (exact) mass is 442 g/mol. The molecule has 2 aromatic carbocycles. The number of hydrogen-bond donors (Lipinski definition) is 1. The van der Waals surface area contributed by atoms with Crippen LogP contribution >= 0.6 is 0 Å². The van der Waals surface area contributed by atoms with E-state index in [4.69, 9.17) is 0 Å². The number of anilines is 2. The van der Waals surface area contributed by atoms with Gasteiger partial charge in [0.1, 0.15) is 0 Å². The molecule has 2 aromatic rings. The number of nitrogens with zero attached hydrogens (tertiary/aromatic N) is 3. The van der Waals surface area contributed by atoms with Crippen molar-refractivity contribution in [1.29, 1.82) is 0 Å². The van der Waals surface area contributed by atoms with Crippen LogP contribution in [0.5, 0.6) is 0 Å². The predicted molar refractivity (Wildman–Crippen MR) is 123 cm³/mol. The van der Waals surface area contributed by atoms with Crippen LogP contribution in [0.1, 0.15) is 19.3 Å². The molecular weight excluding hydrogens is 412 g/mol. The van der Waals surface area contributed by atoms with E-state index in [1.165, 1.54) is 23.6 Å². The number of sulfonamides is 1. The summed E-state index contributed by atoms with van der Waals surface area (Å²) in [6.07, 6.45) is 3.67. The van der Waals surface area contributed by atoms with Gasteiger partial charge in [-0.1, -0.05) is 30.3 Å². The first-order chi connectivity index (χ1) is 15.1. The molecule has 2 fully saturated rings. The van der Waals surface area contributed by atoms with Crippen molar-refractivity contribution in [2.75, 3.05) is 56.0 Å². The number of carbonyl (C=O) groups is 1. The van der Waals surface area contributed by atoms with Gasteiger partial charge >= 0.3 is 0 Å². The Morgan fingerprint density at radius 1 is 0.806 bits per heavy atom. The van der Waals surface area contributed by atoms with E-state index in [0.29, 0.717) is 31.1 Å². The van der Waals surface area contributed by atoms with Crippen LogP contribution in [-0.4, -0.2) is 69.3 Å². The van der Waals surface area contributed by atoms with Gasteiger partial charge in [0, 0.05) is 39.3 Å². The lowest BCUT2D eigenvalue weighted by Crippen LogP contribution is -2.51. The molecular formula is C23H30N4O3S. The van der Waals surface area contributed by atoms with Crippen LogP contribution in [0.3, 0.4) is 0 Å². The molecule has 0 atom stereocenters. The van der Waals surface area contributed by atoms with Gasteiger partial charge in [-0.3, -0.25) is 4.79 Å². The Balaban J connectivity index is 1.32. The van der Waals surface area contributed by atoms with Crippen LogP contribution in [0.25, 0.3) is 0 Å². The van der Waals surface area contributed by atoms with Gasteiger partial charge < -0.3 is 15.1 Å². The minimum atomic E-state index is -3.51. The van der Waals surface area contributed by atoms with Crippen LogP contribution in [0, 0.1) is 0 Å². The second-order valence-corrected chi connectivity index (χ2v) is 9.95. The number of carbonyl (C=O) groups excluding carboxylic acids is 1. The van der Waals surface area contributed by atoms with Crippen LogP contribution in [0.4, 0.5) is 11.4 Å². The zero-order chi connectivity index (χ0) is 21.7. The topological polar surface area (TPSA) is 73.0 Å². The van der Waals surface area contributed by atoms with Gasteiger partial charge in [-0.15, -0.1) is 0 Å². The highest BCUT2D eigenvalue weighted by molar-refractivity contribution is 7.89. The Hall–Kier alpha value is -2.58. The van der Waals surface area contributed by atoms with Gasteiger partial charge in [-0.05, 0) is 43.5 Å². The fourth-order valence-electron chi connectivity index (χ4n) is 4.24. The van der Waals surface area contributed by atoms with Crippen molar-refractivity contribution in [3.05, 3.63) is 54.6 Å².